The molecule has 0 radical (unpaired) electrons. The molecule has 0 saturated heterocycles. The molecule has 2 aromatic rings. The summed E-state index contributed by atoms with van der Waals surface area (Å²) in [6.07, 6.45) is 0. The van der Waals surface area contributed by atoms with E-state index in [1.165, 1.54) is 6.07 Å². The molecule has 0 aromatic heterocycles. The van der Waals surface area contributed by atoms with Gasteiger partial charge in [-0.3, -0.25) is 4.79 Å². The summed E-state index contributed by atoms with van der Waals surface area (Å²) in [7, 11) is 0. The smallest absolute Gasteiger partial charge is 0.256 e. The molecule has 19 heavy (non-hydrogen) atoms. The molecule has 1 amide bonds. The Morgan fingerprint density at radius 2 is 1.89 bits per heavy atom. The van der Waals surface area contributed by atoms with Gasteiger partial charge in [0.1, 0.15) is 5.82 Å². The van der Waals surface area contributed by atoms with Crippen molar-refractivity contribution in [3.05, 3.63) is 63.4 Å². The largest absolute Gasteiger partial charge is 0.319 e. The van der Waals surface area contributed by atoms with Gasteiger partial charge in [0, 0.05) is 10.0 Å². The second kappa shape index (κ2) is 5.53. The number of carbonyl (C=O) groups is 1. The summed E-state index contributed by atoms with van der Waals surface area (Å²) in [4.78, 5) is 12.1. The Kier molecular flexibility index (Phi) is 4.00. The summed E-state index contributed by atoms with van der Waals surface area (Å²) >= 11 is 3.32. The van der Waals surface area contributed by atoms with Gasteiger partial charge in [0.15, 0.2) is 0 Å². The zero-order chi connectivity index (χ0) is 14.0. The summed E-state index contributed by atoms with van der Waals surface area (Å²) in [5, 5.41) is 2.59. The molecule has 0 fully saturated rings. The van der Waals surface area contributed by atoms with Gasteiger partial charge >= 0.3 is 0 Å². The predicted molar refractivity (Wildman–Crippen MR) is 78.0 cm³/mol. The molecule has 2 aromatic carbocycles. The zero-order valence-corrected chi connectivity index (χ0v) is 12.2. The third kappa shape index (κ3) is 3.20. The molecular weight excluding hydrogens is 309 g/mol. The average Bonchev–Trinajstić information content (AvgIpc) is 2.35. The van der Waals surface area contributed by atoms with Crippen LogP contribution in [-0.4, -0.2) is 5.91 Å². The van der Waals surface area contributed by atoms with Crippen molar-refractivity contribution in [3.8, 4) is 0 Å². The Balaban J connectivity index is 2.28. The second-order valence-electron chi connectivity index (χ2n) is 4.40. The highest BCUT2D eigenvalue weighted by atomic mass is 79.9. The van der Waals surface area contributed by atoms with Crippen molar-refractivity contribution in [2.24, 2.45) is 0 Å². The van der Waals surface area contributed by atoms with E-state index in [2.05, 4.69) is 21.2 Å². The number of amides is 1. The molecule has 98 valence electrons. The normalized spacial score (nSPS) is 10.3. The lowest BCUT2D eigenvalue weighted by atomic mass is 10.1. The van der Waals surface area contributed by atoms with E-state index in [9.17, 15) is 9.18 Å². The summed E-state index contributed by atoms with van der Waals surface area (Å²) < 4.78 is 14.5. The molecule has 0 bridgehead atoms. The zero-order valence-electron chi connectivity index (χ0n) is 10.6. The van der Waals surface area contributed by atoms with Gasteiger partial charge in [-0.15, -0.1) is 0 Å². The maximum absolute atomic E-state index is 13.7. The predicted octanol–water partition coefficient (Wildman–Crippen LogP) is 4.46. The molecule has 0 aliphatic heterocycles. The maximum Gasteiger partial charge on any atom is 0.256 e. The van der Waals surface area contributed by atoms with Crippen molar-refractivity contribution < 1.29 is 9.18 Å². The van der Waals surface area contributed by atoms with Gasteiger partial charge < -0.3 is 5.32 Å². The fraction of sp³-hybridized carbons (Fsp3) is 0.133. The first-order valence-electron chi connectivity index (χ1n) is 5.81. The van der Waals surface area contributed by atoms with Gasteiger partial charge in [0.2, 0.25) is 0 Å². The van der Waals surface area contributed by atoms with Crippen LogP contribution in [0, 0.1) is 19.7 Å². The lowest BCUT2D eigenvalue weighted by Crippen LogP contribution is -2.14. The van der Waals surface area contributed by atoms with E-state index in [0.717, 1.165) is 15.6 Å². The van der Waals surface area contributed by atoms with Gasteiger partial charge in [0.05, 0.1) is 5.69 Å². The lowest BCUT2D eigenvalue weighted by molar-refractivity contribution is 0.102. The van der Waals surface area contributed by atoms with Gasteiger partial charge in [-0.05, 0) is 49.2 Å². The fourth-order valence-corrected chi connectivity index (χ4v) is 2.11. The Labute approximate surface area is 119 Å². The van der Waals surface area contributed by atoms with Crippen LogP contribution >= 0.6 is 15.9 Å². The number of rotatable bonds is 2. The molecular formula is C15H13BrFNO. The van der Waals surface area contributed by atoms with Crippen LogP contribution < -0.4 is 5.32 Å². The lowest BCUT2D eigenvalue weighted by Gasteiger charge is -2.09. The SMILES string of the molecule is Cc1ccc(NC(=O)c2cc(Br)ccc2C)c(F)c1. The van der Waals surface area contributed by atoms with Crippen molar-refractivity contribution in [1.29, 1.82) is 0 Å². The average molecular weight is 322 g/mol. The molecule has 4 heteroatoms. The molecule has 0 aliphatic carbocycles. The molecule has 0 unspecified atom stereocenters. The molecule has 0 atom stereocenters. The minimum absolute atomic E-state index is 0.190. The van der Waals surface area contributed by atoms with Crippen LogP contribution in [0.5, 0.6) is 0 Å². The van der Waals surface area contributed by atoms with Crippen LogP contribution in [-0.2, 0) is 0 Å². The summed E-state index contributed by atoms with van der Waals surface area (Å²) in [5.41, 5.74) is 2.37. The number of halogens is 2. The summed E-state index contributed by atoms with van der Waals surface area (Å²) in [5.74, 6) is -0.748. The van der Waals surface area contributed by atoms with Gasteiger partial charge in [-0.2, -0.15) is 0 Å². The minimum atomic E-state index is -0.430. The molecule has 0 heterocycles. The monoisotopic (exact) mass is 321 g/mol. The quantitative estimate of drug-likeness (QED) is 0.869. The van der Waals surface area contributed by atoms with E-state index in [-0.39, 0.29) is 11.6 Å². The number of anilines is 1. The third-order valence-corrected chi connectivity index (χ3v) is 3.31. The van der Waals surface area contributed by atoms with E-state index < -0.39 is 5.82 Å². The molecule has 2 rings (SSSR count). The highest BCUT2D eigenvalue weighted by molar-refractivity contribution is 9.10. The van der Waals surface area contributed by atoms with Crippen LogP contribution in [0.25, 0.3) is 0 Å². The number of aryl methyl sites for hydroxylation is 2. The van der Waals surface area contributed by atoms with Crippen molar-refractivity contribution >= 4 is 27.5 Å². The minimum Gasteiger partial charge on any atom is -0.319 e. The number of nitrogens with one attached hydrogen (secondary N) is 1. The molecule has 0 spiro atoms. The number of hydrogen-bond donors (Lipinski definition) is 1. The van der Waals surface area contributed by atoms with Crippen LogP contribution in [0.1, 0.15) is 21.5 Å². The van der Waals surface area contributed by atoms with Crippen molar-refractivity contribution in [3.63, 3.8) is 0 Å². The molecule has 0 saturated carbocycles. The number of benzene rings is 2. The first kappa shape index (κ1) is 13.7. The van der Waals surface area contributed by atoms with Crippen LogP contribution in [0.3, 0.4) is 0 Å². The highest BCUT2D eigenvalue weighted by Crippen LogP contribution is 2.20. The third-order valence-electron chi connectivity index (χ3n) is 2.82. The first-order chi connectivity index (χ1) is 8.97. The number of carbonyl (C=O) groups excluding carboxylic acids is 1. The molecule has 1 N–H and O–H groups in total. The van der Waals surface area contributed by atoms with Crippen molar-refractivity contribution in [1.82, 2.24) is 0 Å². The maximum atomic E-state index is 13.7. The summed E-state index contributed by atoms with van der Waals surface area (Å²) in [6.45, 7) is 3.64. The fourth-order valence-electron chi connectivity index (χ4n) is 1.75. The topological polar surface area (TPSA) is 29.1 Å². The Morgan fingerprint density at radius 1 is 1.16 bits per heavy atom. The van der Waals surface area contributed by atoms with Gasteiger partial charge in [-0.25, -0.2) is 4.39 Å². The van der Waals surface area contributed by atoms with E-state index in [4.69, 9.17) is 0 Å². The Hall–Kier alpha value is -1.68. The second-order valence-corrected chi connectivity index (χ2v) is 5.31. The highest BCUT2D eigenvalue weighted by Gasteiger charge is 2.12. The van der Waals surface area contributed by atoms with Gasteiger partial charge in [0.25, 0.3) is 5.91 Å². The molecule has 0 aliphatic rings. The van der Waals surface area contributed by atoms with E-state index >= 15 is 0 Å². The van der Waals surface area contributed by atoms with Crippen LogP contribution in [0.4, 0.5) is 10.1 Å². The van der Waals surface area contributed by atoms with E-state index in [1.807, 2.05) is 19.1 Å². The Bertz CT molecular complexity index is 640. The van der Waals surface area contributed by atoms with E-state index in [1.54, 1.807) is 25.1 Å². The van der Waals surface area contributed by atoms with Crippen LogP contribution in [0.15, 0.2) is 40.9 Å². The summed E-state index contributed by atoms with van der Waals surface area (Å²) in [6, 6.07) is 10.1. The molecule has 2 nitrogen and oxygen atoms in total. The van der Waals surface area contributed by atoms with Gasteiger partial charge in [-0.1, -0.05) is 28.1 Å². The van der Waals surface area contributed by atoms with Crippen molar-refractivity contribution in [2.45, 2.75) is 13.8 Å². The number of hydrogen-bond acceptors (Lipinski definition) is 1. The first-order valence-corrected chi connectivity index (χ1v) is 6.60. The Morgan fingerprint density at radius 3 is 2.58 bits per heavy atom. The van der Waals surface area contributed by atoms with Crippen LogP contribution in [0.2, 0.25) is 0 Å². The van der Waals surface area contributed by atoms with E-state index in [0.29, 0.717) is 5.56 Å². The standard InChI is InChI=1S/C15H13BrFNO/c1-9-3-6-14(13(17)7-9)18-15(19)12-8-11(16)5-4-10(12)2/h3-8H,1-2H3,(H,18,19). The van der Waals surface area contributed by atoms with Crippen molar-refractivity contribution in [2.75, 3.05) is 5.32 Å².